The van der Waals surface area contributed by atoms with Gasteiger partial charge in [0, 0.05) is 6.07 Å². The number of carbonyl (C=O) groups is 1. The van der Waals surface area contributed by atoms with Crippen LogP contribution in [0.3, 0.4) is 0 Å². The number of carbonyl (C=O) groups excluding carboxylic acids is 1. The monoisotopic (exact) mass is 427 g/mol. The molecule has 0 saturated carbocycles. The molecule has 1 amide bonds. The predicted molar refractivity (Wildman–Crippen MR) is 120 cm³/mol. The van der Waals surface area contributed by atoms with E-state index >= 15 is 0 Å². The van der Waals surface area contributed by atoms with E-state index in [0.717, 1.165) is 18.7 Å². The van der Waals surface area contributed by atoms with Gasteiger partial charge < -0.3 is 9.84 Å². The fraction of sp³-hybridized carbons (Fsp3) is 0.391. The van der Waals surface area contributed by atoms with Crippen LogP contribution in [0.1, 0.15) is 52.2 Å². The summed E-state index contributed by atoms with van der Waals surface area (Å²) in [5.41, 5.74) is 3.49. The van der Waals surface area contributed by atoms with Gasteiger partial charge in [-0.15, -0.1) is 0 Å². The van der Waals surface area contributed by atoms with E-state index in [4.69, 9.17) is 4.74 Å². The van der Waals surface area contributed by atoms with Crippen LogP contribution in [-0.4, -0.2) is 28.8 Å². The van der Waals surface area contributed by atoms with E-state index in [0.29, 0.717) is 5.75 Å². The molecule has 0 atom stereocenters. The van der Waals surface area contributed by atoms with Crippen molar-refractivity contribution in [2.45, 2.75) is 46.5 Å². The van der Waals surface area contributed by atoms with E-state index in [1.54, 1.807) is 0 Å². The van der Waals surface area contributed by atoms with Crippen LogP contribution in [0.4, 0.5) is 5.69 Å². The number of nitro benzene ring substituents is 1. The molecule has 0 aliphatic rings. The molecule has 8 heteroatoms. The second-order valence-corrected chi connectivity index (χ2v) is 9.23. The molecule has 0 radical (unpaired) electrons. The summed E-state index contributed by atoms with van der Waals surface area (Å²) in [6, 6.07) is 11.2. The Kier molecular flexibility index (Phi) is 7.38. The smallest absolute Gasteiger partial charge is 0.278 e. The molecule has 0 fully saturated rings. The summed E-state index contributed by atoms with van der Waals surface area (Å²) in [4.78, 5) is 22.3. The average Bonchev–Trinajstić information content (AvgIpc) is 2.64. The van der Waals surface area contributed by atoms with Gasteiger partial charge in [-0.25, -0.2) is 5.43 Å². The number of amides is 1. The number of rotatable bonds is 8. The van der Waals surface area contributed by atoms with Gasteiger partial charge in [-0.2, -0.15) is 5.10 Å². The minimum atomic E-state index is -0.599. The third-order valence-corrected chi connectivity index (χ3v) is 4.58. The molecule has 0 aromatic heterocycles. The first-order valence-corrected chi connectivity index (χ1v) is 9.90. The van der Waals surface area contributed by atoms with Crippen molar-refractivity contribution in [3.8, 4) is 11.5 Å². The van der Waals surface area contributed by atoms with Crippen molar-refractivity contribution in [2.24, 2.45) is 10.5 Å². The van der Waals surface area contributed by atoms with Crippen LogP contribution >= 0.6 is 0 Å². The predicted octanol–water partition coefficient (Wildman–Crippen LogP) is 4.54. The molecule has 2 N–H and O–H groups in total. The van der Waals surface area contributed by atoms with Gasteiger partial charge in [0.2, 0.25) is 0 Å². The van der Waals surface area contributed by atoms with E-state index in [9.17, 15) is 20.0 Å². The zero-order valence-corrected chi connectivity index (χ0v) is 18.5. The largest absolute Gasteiger partial charge is 0.508 e. The molecule has 2 aromatic rings. The van der Waals surface area contributed by atoms with Crippen LogP contribution in [0.5, 0.6) is 11.5 Å². The molecule has 0 aliphatic heterocycles. The molecule has 166 valence electrons. The van der Waals surface area contributed by atoms with Crippen LogP contribution in [-0.2, 0) is 10.2 Å². The highest BCUT2D eigenvalue weighted by Gasteiger charge is 2.27. The standard InChI is InChI=1S/C23H29N3O5/c1-22(2,3)15-23(4,5)17-6-9-19(10-7-17)31-14-21(28)25-24-13-16-12-18(27)8-11-20(16)26(29)30/h6-13,27H,14-15H2,1-5H3,(H,25,28)/b24-13+. The van der Waals surface area contributed by atoms with Crippen LogP contribution in [0, 0.1) is 15.5 Å². The number of nitro groups is 1. The molecular formula is C23H29N3O5. The summed E-state index contributed by atoms with van der Waals surface area (Å²) >= 11 is 0. The highest BCUT2D eigenvalue weighted by Crippen LogP contribution is 2.36. The van der Waals surface area contributed by atoms with E-state index in [-0.39, 0.29) is 34.4 Å². The van der Waals surface area contributed by atoms with Crippen molar-refractivity contribution in [3.05, 3.63) is 63.7 Å². The molecule has 2 aromatic carbocycles. The van der Waals surface area contributed by atoms with Gasteiger partial charge in [0.15, 0.2) is 6.61 Å². The molecule has 0 aliphatic carbocycles. The van der Waals surface area contributed by atoms with Crippen molar-refractivity contribution in [1.29, 1.82) is 0 Å². The van der Waals surface area contributed by atoms with E-state index in [2.05, 4.69) is 45.1 Å². The molecule has 0 spiro atoms. The third-order valence-electron chi connectivity index (χ3n) is 4.58. The van der Waals surface area contributed by atoms with Gasteiger partial charge in [-0.05, 0) is 47.1 Å². The van der Waals surface area contributed by atoms with Crippen LogP contribution in [0.25, 0.3) is 0 Å². The maximum atomic E-state index is 11.9. The van der Waals surface area contributed by atoms with Gasteiger partial charge in [-0.1, -0.05) is 46.8 Å². The number of nitrogens with one attached hydrogen (secondary N) is 1. The Bertz CT molecular complexity index is 960. The summed E-state index contributed by atoms with van der Waals surface area (Å²) in [6.45, 7) is 10.8. The van der Waals surface area contributed by atoms with Crippen molar-refractivity contribution in [3.63, 3.8) is 0 Å². The van der Waals surface area contributed by atoms with Gasteiger partial charge >= 0.3 is 0 Å². The number of hydrogen-bond donors (Lipinski definition) is 2. The van der Waals surface area contributed by atoms with E-state index < -0.39 is 10.8 Å². The van der Waals surface area contributed by atoms with E-state index in [1.165, 1.54) is 17.7 Å². The second kappa shape index (κ2) is 9.59. The Morgan fingerprint density at radius 1 is 1.16 bits per heavy atom. The average molecular weight is 428 g/mol. The van der Waals surface area contributed by atoms with Crippen molar-refractivity contribution in [1.82, 2.24) is 5.43 Å². The molecule has 0 unspecified atom stereocenters. The molecule has 2 rings (SSSR count). The van der Waals surface area contributed by atoms with Crippen LogP contribution < -0.4 is 10.2 Å². The first-order valence-electron chi connectivity index (χ1n) is 9.90. The maximum Gasteiger partial charge on any atom is 0.278 e. The van der Waals surface area contributed by atoms with Gasteiger partial charge in [-0.3, -0.25) is 14.9 Å². The Hall–Kier alpha value is -3.42. The normalized spacial score (nSPS) is 12.0. The topological polar surface area (TPSA) is 114 Å². The molecule has 8 nitrogen and oxygen atoms in total. The van der Waals surface area contributed by atoms with Gasteiger partial charge in [0.25, 0.3) is 11.6 Å². The number of benzene rings is 2. The highest BCUT2D eigenvalue weighted by atomic mass is 16.6. The number of aromatic hydroxyl groups is 1. The Labute approximate surface area is 182 Å². The Balaban J connectivity index is 1.91. The second-order valence-electron chi connectivity index (χ2n) is 9.23. The first kappa shape index (κ1) is 23.9. The molecule has 0 bridgehead atoms. The summed E-state index contributed by atoms with van der Waals surface area (Å²) in [6.07, 6.45) is 2.12. The molecular weight excluding hydrogens is 398 g/mol. The number of nitrogens with zero attached hydrogens (tertiary/aromatic N) is 2. The quantitative estimate of drug-likeness (QED) is 0.365. The Morgan fingerprint density at radius 3 is 2.39 bits per heavy atom. The van der Waals surface area contributed by atoms with Crippen LogP contribution in [0.15, 0.2) is 47.6 Å². The minimum absolute atomic E-state index is 0.0113. The lowest BCUT2D eigenvalue weighted by Gasteiger charge is -2.33. The number of phenols is 1. The summed E-state index contributed by atoms with van der Waals surface area (Å²) in [7, 11) is 0. The minimum Gasteiger partial charge on any atom is -0.508 e. The lowest BCUT2D eigenvalue weighted by Crippen LogP contribution is -2.25. The highest BCUT2D eigenvalue weighted by molar-refractivity contribution is 5.87. The fourth-order valence-electron chi connectivity index (χ4n) is 3.60. The fourth-order valence-corrected chi connectivity index (χ4v) is 3.60. The maximum absolute atomic E-state index is 11.9. The van der Waals surface area contributed by atoms with Crippen molar-refractivity contribution >= 4 is 17.8 Å². The molecule has 0 saturated heterocycles. The van der Waals surface area contributed by atoms with Crippen LogP contribution in [0.2, 0.25) is 0 Å². The summed E-state index contributed by atoms with van der Waals surface area (Å²) < 4.78 is 5.49. The third kappa shape index (κ3) is 7.40. The number of ether oxygens (including phenoxy) is 1. The first-order chi connectivity index (χ1) is 14.4. The number of phenolic OH excluding ortho intramolecular Hbond substituents is 1. The Morgan fingerprint density at radius 2 is 1.81 bits per heavy atom. The number of hydrazone groups is 1. The van der Waals surface area contributed by atoms with Gasteiger partial charge in [0.05, 0.1) is 16.7 Å². The number of hydrogen-bond acceptors (Lipinski definition) is 6. The SMILES string of the molecule is CC(C)(C)CC(C)(C)c1ccc(OCC(=O)N/N=C/c2cc(O)ccc2[N+](=O)[O-])cc1. The van der Waals surface area contributed by atoms with E-state index in [1.807, 2.05) is 24.3 Å². The van der Waals surface area contributed by atoms with Gasteiger partial charge in [0.1, 0.15) is 11.5 Å². The van der Waals surface area contributed by atoms with Crippen molar-refractivity contribution < 1.29 is 19.6 Å². The molecule has 0 heterocycles. The zero-order chi connectivity index (χ0) is 23.2. The lowest BCUT2D eigenvalue weighted by molar-refractivity contribution is -0.385. The lowest BCUT2D eigenvalue weighted by atomic mass is 9.72. The van der Waals surface area contributed by atoms with Crippen molar-refractivity contribution in [2.75, 3.05) is 6.61 Å². The summed E-state index contributed by atoms with van der Waals surface area (Å²) in [5, 5.41) is 24.2. The summed E-state index contributed by atoms with van der Waals surface area (Å²) in [5.74, 6) is -0.106. The molecule has 31 heavy (non-hydrogen) atoms. The zero-order valence-electron chi connectivity index (χ0n) is 18.5.